The fourth-order valence-corrected chi connectivity index (χ4v) is 4.75. The lowest BCUT2D eigenvalue weighted by atomic mass is 9.61. The SMILES string of the molecule is FC(F)Cn1ncc2ncc(N3CCC4(CC3)CC(Oc3cnccc3C(F)(F)F)C4)nc21. The van der Waals surface area contributed by atoms with E-state index in [-0.39, 0.29) is 17.3 Å². The van der Waals surface area contributed by atoms with E-state index in [0.29, 0.717) is 42.9 Å². The van der Waals surface area contributed by atoms with E-state index in [1.54, 1.807) is 6.20 Å². The highest BCUT2D eigenvalue weighted by Gasteiger charge is 2.48. The molecule has 7 nitrogen and oxygen atoms in total. The summed E-state index contributed by atoms with van der Waals surface area (Å²) in [5, 5.41) is 3.94. The van der Waals surface area contributed by atoms with Gasteiger partial charge in [-0.15, -0.1) is 0 Å². The second-order valence-electron chi connectivity index (χ2n) is 8.66. The second-order valence-corrected chi connectivity index (χ2v) is 8.66. The number of hydrogen-bond donors (Lipinski definition) is 0. The molecular formula is C21H21F5N6O. The zero-order valence-electron chi connectivity index (χ0n) is 17.5. The lowest BCUT2D eigenvalue weighted by Crippen LogP contribution is -2.51. The first-order valence-corrected chi connectivity index (χ1v) is 10.6. The normalized spacial score (nSPS) is 18.8. The standard InChI is InChI=1S/C21H21F5N6O/c22-17(23)12-32-19-15(9-29-32)28-11-18(30-19)31-5-2-20(3-6-31)7-13(8-20)33-16-10-27-4-1-14(16)21(24,25)26/h1,4,9-11,13,17H,2-3,5-8,12H2. The molecule has 1 saturated carbocycles. The Bertz CT molecular complexity index is 1130. The summed E-state index contributed by atoms with van der Waals surface area (Å²) >= 11 is 0. The van der Waals surface area contributed by atoms with Crippen LogP contribution in [-0.2, 0) is 12.7 Å². The van der Waals surface area contributed by atoms with Crippen molar-refractivity contribution in [2.75, 3.05) is 18.0 Å². The van der Waals surface area contributed by atoms with Gasteiger partial charge in [-0.1, -0.05) is 0 Å². The Morgan fingerprint density at radius 3 is 2.58 bits per heavy atom. The fraction of sp³-hybridized carbons (Fsp3) is 0.524. The molecule has 0 atom stereocenters. The molecule has 2 aliphatic rings. The highest BCUT2D eigenvalue weighted by atomic mass is 19.4. The highest BCUT2D eigenvalue weighted by Crippen LogP contribution is 2.51. The Balaban J connectivity index is 1.21. The number of alkyl halides is 5. The van der Waals surface area contributed by atoms with Crippen LogP contribution >= 0.6 is 0 Å². The van der Waals surface area contributed by atoms with Crippen LogP contribution in [0.1, 0.15) is 31.2 Å². The first-order valence-electron chi connectivity index (χ1n) is 10.6. The van der Waals surface area contributed by atoms with Gasteiger partial charge in [-0.2, -0.15) is 18.3 Å². The molecule has 33 heavy (non-hydrogen) atoms. The van der Waals surface area contributed by atoms with Crippen LogP contribution in [0.2, 0.25) is 0 Å². The van der Waals surface area contributed by atoms with E-state index < -0.39 is 24.7 Å². The first kappa shape index (κ1) is 21.8. The maximum atomic E-state index is 13.2. The Morgan fingerprint density at radius 1 is 1.12 bits per heavy atom. The van der Waals surface area contributed by atoms with E-state index in [2.05, 4.69) is 25.0 Å². The van der Waals surface area contributed by atoms with Gasteiger partial charge in [0.1, 0.15) is 29.2 Å². The molecule has 1 saturated heterocycles. The summed E-state index contributed by atoms with van der Waals surface area (Å²) in [7, 11) is 0. The number of aromatic nitrogens is 5. The summed E-state index contributed by atoms with van der Waals surface area (Å²) in [6, 6.07) is 0.924. The number of rotatable bonds is 5. The highest BCUT2D eigenvalue weighted by molar-refractivity contribution is 5.71. The molecule has 0 unspecified atom stereocenters. The Kier molecular flexibility index (Phi) is 5.32. The van der Waals surface area contributed by atoms with Gasteiger partial charge in [0, 0.05) is 19.3 Å². The van der Waals surface area contributed by atoms with Crippen molar-refractivity contribution in [3.05, 3.63) is 36.4 Å². The molecule has 176 valence electrons. The van der Waals surface area contributed by atoms with Crippen molar-refractivity contribution >= 4 is 17.0 Å². The average molecular weight is 468 g/mol. The molecular weight excluding hydrogens is 447 g/mol. The maximum absolute atomic E-state index is 13.2. The first-order chi connectivity index (χ1) is 15.7. The van der Waals surface area contributed by atoms with Crippen molar-refractivity contribution in [3.63, 3.8) is 0 Å². The van der Waals surface area contributed by atoms with Crippen LogP contribution in [0.5, 0.6) is 5.75 Å². The lowest BCUT2D eigenvalue weighted by molar-refractivity contribution is -0.140. The van der Waals surface area contributed by atoms with Crippen LogP contribution in [0.25, 0.3) is 11.2 Å². The third-order valence-electron chi connectivity index (χ3n) is 6.50. The number of halogens is 5. The fourth-order valence-electron chi connectivity index (χ4n) is 4.75. The Morgan fingerprint density at radius 2 is 1.88 bits per heavy atom. The van der Waals surface area contributed by atoms with Gasteiger partial charge in [0.15, 0.2) is 5.65 Å². The average Bonchev–Trinajstić information content (AvgIpc) is 3.14. The van der Waals surface area contributed by atoms with Crippen LogP contribution in [0.3, 0.4) is 0 Å². The summed E-state index contributed by atoms with van der Waals surface area (Å²) in [5.74, 6) is 0.372. The molecule has 4 heterocycles. The predicted molar refractivity (Wildman–Crippen MR) is 108 cm³/mol. The molecule has 0 amide bonds. The van der Waals surface area contributed by atoms with E-state index in [1.165, 1.54) is 6.20 Å². The molecule has 5 rings (SSSR count). The third kappa shape index (κ3) is 4.30. The van der Waals surface area contributed by atoms with E-state index in [4.69, 9.17) is 4.74 Å². The second kappa shape index (κ2) is 8.07. The molecule has 1 spiro atoms. The van der Waals surface area contributed by atoms with Crippen molar-refractivity contribution in [3.8, 4) is 5.75 Å². The number of hydrogen-bond acceptors (Lipinski definition) is 6. The molecule has 1 aliphatic heterocycles. The minimum Gasteiger partial charge on any atom is -0.488 e. The van der Waals surface area contributed by atoms with Crippen LogP contribution in [0.4, 0.5) is 27.8 Å². The smallest absolute Gasteiger partial charge is 0.420 e. The van der Waals surface area contributed by atoms with Gasteiger partial charge in [-0.05, 0) is 37.2 Å². The van der Waals surface area contributed by atoms with Crippen LogP contribution in [0.15, 0.2) is 30.9 Å². The lowest BCUT2D eigenvalue weighted by Gasteiger charge is -2.51. The summed E-state index contributed by atoms with van der Waals surface area (Å²) in [4.78, 5) is 14.6. The number of fused-ring (bicyclic) bond motifs is 1. The number of piperidine rings is 1. The Labute approximate surface area is 185 Å². The van der Waals surface area contributed by atoms with Crippen molar-refractivity contribution in [1.29, 1.82) is 0 Å². The van der Waals surface area contributed by atoms with Gasteiger partial charge in [-0.3, -0.25) is 4.98 Å². The zero-order valence-corrected chi connectivity index (χ0v) is 17.5. The predicted octanol–water partition coefficient (Wildman–Crippen LogP) is 4.33. The molecule has 0 aromatic carbocycles. The topological polar surface area (TPSA) is 69.0 Å². The molecule has 12 heteroatoms. The van der Waals surface area contributed by atoms with E-state index in [0.717, 1.165) is 36.0 Å². The summed E-state index contributed by atoms with van der Waals surface area (Å²) in [5.41, 5.74) is -0.00698. The van der Waals surface area contributed by atoms with Crippen LogP contribution in [-0.4, -0.2) is 50.4 Å². The molecule has 1 aliphatic carbocycles. The molecule has 0 N–H and O–H groups in total. The van der Waals surface area contributed by atoms with Gasteiger partial charge in [0.25, 0.3) is 6.43 Å². The third-order valence-corrected chi connectivity index (χ3v) is 6.50. The zero-order chi connectivity index (χ0) is 23.2. The largest absolute Gasteiger partial charge is 0.488 e. The quantitative estimate of drug-likeness (QED) is 0.519. The minimum atomic E-state index is -4.49. The molecule has 3 aromatic heterocycles. The van der Waals surface area contributed by atoms with Crippen molar-refractivity contribution in [2.24, 2.45) is 5.41 Å². The van der Waals surface area contributed by atoms with Crippen molar-refractivity contribution in [2.45, 2.75) is 50.9 Å². The molecule has 2 fully saturated rings. The van der Waals surface area contributed by atoms with Crippen LogP contribution < -0.4 is 9.64 Å². The number of pyridine rings is 1. The van der Waals surface area contributed by atoms with E-state index >= 15 is 0 Å². The van der Waals surface area contributed by atoms with E-state index in [1.807, 2.05) is 0 Å². The number of nitrogens with zero attached hydrogens (tertiary/aromatic N) is 6. The van der Waals surface area contributed by atoms with E-state index in [9.17, 15) is 22.0 Å². The maximum Gasteiger partial charge on any atom is 0.420 e. The minimum absolute atomic E-state index is 0.0246. The molecule has 0 radical (unpaired) electrons. The molecule has 0 bridgehead atoms. The van der Waals surface area contributed by atoms with Crippen molar-refractivity contribution < 1.29 is 26.7 Å². The summed E-state index contributed by atoms with van der Waals surface area (Å²) in [6.45, 7) is 0.840. The van der Waals surface area contributed by atoms with Crippen molar-refractivity contribution in [1.82, 2.24) is 24.7 Å². The van der Waals surface area contributed by atoms with Gasteiger partial charge in [0.2, 0.25) is 0 Å². The number of anilines is 1. The monoisotopic (exact) mass is 468 g/mol. The number of ether oxygens (including phenoxy) is 1. The van der Waals surface area contributed by atoms with Gasteiger partial charge in [-0.25, -0.2) is 23.4 Å². The molecule has 3 aromatic rings. The van der Waals surface area contributed by atoms with Gasteiger partial charge >= 0.3 is 6.18 Å². The summed E-state index contributed by atoms with van der Waals surface area (Å²) in [6.07, 6.45) is 0.976. The summed E-state index contributed by atoms with van der Waals surface area (Å²) < 4.78 is 71.9. The van der Waals surface area contributed by atoms with Crippen LogP contribution in [0, 0.1) is 5.41 Å². The Hall–Kier alpha value is -3.05. The van der Waals surface area contributed by atoms with Gasteiger partial charge < -0.3 is 9.64 Å². The van der Waals surface area contributed by atoms with Gasteiger partial charge in [0.05, 0.1) is 24.7 Å².